The topological polar surface area (TPSA) is 52.9 Å². The van der Waals surface area contributed by atoms with E-state index in [1.807, 2.05) is 6.07 Å². The smallest absolute Gasteiger partial charge is 0.239 e. The Bertz CT molecular complexity index is 328. The standard InChI is InChI=1S/C7H5ClN2OS/c8-3-6(11)10-7-2-1-5(4-9)12-7/h1-2H,3H2,(H,10,11). The number of amides is 1. The fraction of sp³-hybridized carbons (Fsp3) is 0.143. The summed E-state index contributed by atoms with van der Waals surface area (Å²) in [6.45, 7) is 0. The number of carbonyl (C=O) groups is 1. The monoisotopic (exact) mass is 200 g/mol. The summed E-state index contributed by atoms with van der Waals surface area (Å²) in [7, 11) is 0. The van der Waals surface area contributed by atoms with Crippen molar-refractivity contribution < 1.29 is 4.79 Å². The van der Waals surface area contributed by atoms with E-state index in [0.717, 1.165) is 0 Å². The van der Waals surface area contributed by atoms with Crippen molar-refractivity contribution in [2.45, 2.75) is 0 Å². The maximum absolute atomic E-state index is 10.8. The Morgan fingerprint density at radius 3 is 3.00 bits per heavy atom. The normalized spacial score (nSPS) is 9.00. The van der Waals surface area contributed by atoms with Crippen LogP contribution in [0.1, 0.15) is 4.88 Å². The van der Waals surface area contributed by atoms with Crippen LogP contribution >= 0.6 is 22.9 Å². The number of alkyl halides is 1. The van der Waals surface area contributed by atoms with Crippen LogP contribution in [-0.2, 0) is 4.79 Å². The Morgan fingerprint density at radius 2 is 2.50 bits per heavy atom. The summed E-state index contributed by atoms with van der Waals surface area (Å²) in [6.07, 6.45) is 0. The van der Waals surface area contributed by atoms with Gasteiger partial charge in [0.2, 0.25) is 5.91 Å². The average molecular weight is 201 g/mol. The molecule has 1 aromatic heterocycles. The lowest BCUT2D eigenvalue weighted by molar-refractivity contribution is -0.113. The van der Waals surface area contributed by atoms with E-state index in [1.165, 1.54) is 11.3 Å². The zero-order valence-electron chi connectivity index (χ0n) is 6.00. The lowest BCUT2D eigenvalue weighted by atomic mass is 10.5. The summed E-state index contributed by atoms with van der Waals surface area (Å²) in [4.78, 5) is 11.3. The molecule has 0 bridgehead atoms. The first-order chi connectivity index (χ1) is 5.76. The molecule has 1 amide bonds. The SMILES string of the molecule is N#Cc1ccc(NC(=O)CCl)s1. The van der Waals surface area contributed by atoms with Gasteiger partial charge in [-0.3, -0.25) is 4.79 Å². The molecule has 0 aliphatic carbocycles. The first-order valence-corrected chi connectivity index (χ1v) is 4.47. The van der Waals surface area contributed by atoms with Crippen molar-refractivity contribution in [3.05, 3.63) is 17.0 Å². The molecule has 1 N–H and O–H groups in total. The van der Waals surface area contributed by atoms with Crippen LogP contribution in [0.2, 0.25) is 0 Å². The second-order valence-electron chi connectivity index (χ2n) is 1.96. The zero-order chi connectivity index (χ0) is 8.97. The minimum atomic E-state index is -0.261. The van der Waals surface area contributed by atoms with Gasteiger partial charge in [-0.25, -0.2) is 0 Å². The summed E-state index contributed by atoms with van der Waals surface area (Å²) in [5, 5.41) is 11.7. The van der Waals surface area contributed by atoms with Gasteiger partial charge >= 0.3 is 0 Å². The molecule has 0 saturated carbocycles. The summed E-state index contributed by atoms with van der Waals surface area (Å²) in [5.74, 6) is -0.331. The van der Waals surface area contributed by atoms with Crippen LogP contribution in [0, 0.1) is 11.3 Å². The van der Waals surface area contributed by atoms with Crippen LogP contribution in [-0.4, -0.2) is 11.8 Å². The molecule has 0 spiro atoms. The second kappa shape index (κ2) is 4.10. The summed E-state index contributed by atoms with van der Waals surface area (Å²) in [5.41, 5.74) is 0. The molecule has 0 aliphatic heterocycles. The lowest BCUT2D eigenvalue weighted by Crippen LogP contribution is -2.11. The molecule has 12 heavy (non-hydrogen) atoms. The average Bonchev–Trinajstić information content (AvgIpc) is 2.52. The highest BCUT2D eigenvalue weighted by molar-refractivity contribution is 7.16. The minimum absolute atomic E-state index is 0.0697. The van der Waals surface area contributed by atoms with Crippen LogP contribution in [0.25, 0.3) is 0 Å². The number of anilines is 1. The van der Waals surface area contributed by atoms with Gasteiger partial charge in [0.15, 0.2) is 0 Å². The van der Waals surface area contributed by atoms with Crippen LogP contribution in [0.4, 0.5) is 5.00 Å². The summed E-state index contributed by atoms with van der Waals surface area (Å²) >= 11 is 6.50. The van der Waals surface area contributed by atoms with Gasteiger partial charge in [0.05, 0.1) is 5.00 Å². The molecule has 62 valence electrons. The van der Waals surface area contributed by atoms with Gasteiger partial charge < -0.3 is 5.32 Å². The molecule has 5 heteroatoms. The molecule has 0 fully saturated rings. The highest BCUT2D eigenvalue weighted by atomic mass is 35.5. The molecule has 0 unspecified atom stereocenters. The molecule has 1 heterocycles. The fourth-order valence-corrected chi connectivity index (χ4v) is 1.42. The molecule has 0 saturated heterocycles. The van der Waals surface area contributed by atoms with Crippen molar-refractivity contribution in [3.8, 4) is 6.07 Å². The molecule has 3 nitrogen and oxygen atoms in total. The highest BCUT2D eigenvalue weighted by Crippen LogP contribution is 2.20. The van der Waals surface area contributed by atoms with E-state index < -0.39 is 0 Å². The van der Waals surface area contributed by atoms with E-state index in [2.05, 4.69) is 5.32 Å². The Hall–Kier alpha value is -1.05. The first-order valence-electron chi connectivity index (χ1n) is 3.12. The third-order valence-electron chi connectivity index (χ3n) is 1.10. The maximum atomic E-state index is 10.8. The largest absolute Gasteiger partial charge is 0.317 e. The molecule has 0 aromatic carbocycles. The number of rotatable bonds is 2. The Kier molecular flexibility index (Phi) is 3.09. The predicted molar refractivity (Wildman–Crippen MR) is 48.4 cm³/mol. The number of thiophene rings is 1. The number of nitrogens with one attached hydrogen (secondary N) is 1. The third-order valence-corrected chi connectivity index (χ3v) is 2.25. The van der Waals surface area contributed by atoms with E-state index in [-0.39, 0.29) is 11.8 Å². The Morgan fingerprint density at radius 1 is 1.75 bits per heavy atom. The van der Waals surface area contributed by atoms with E-state index in [4.69, 9.17) is 16.9 Å². The molecular weight excluding hydrogens is 196 g/mol. The van der Waals surface area contributed by atoms with Gasteiger partial charge in [-0.2, -0.15) is 5.26 Å². The van der Waals surface area contributed by atoms with Crippen molar-refractivity contribution in [1.29, 1.82) is 5.26 Å². The van der Waals surface area contributed by atoms with Crippen molar-refractivity contribution >= 4 is 33.8 Å². The lowest BCUT2D eigenvalue weighted by Gasteiger charge is -1.95. The van der Waals surface area contributed by atoms with Crippen molar-refractivity contribution in [1.82, 2.24) is 0 Å². The number of hydrogen-bond acceptors (Lipinski definition) is 3. The quantitative estimate of drug-likeness (QED) is 0.741. The zero-order valence-corrected chi connectivity index (χ0v) is 7.58. The molecular formula is C7H5ClN2OS. The second-order valence-corrected chi connectivity index (χ2v) is 3.31. The predicted octanol–water partition coefficient (Wildman–Crippen LogP) is 1.80. The van der Waals surface area contributed by atoms with Gasteiger partial charge in [0.1, 0.15) is 16.8 Å². The Balaban J connectivity index is 2.65. The fourth-order valence-electron chi connectivity index (χ4n) is 0.636. The minimum Gasteiger partial charge on any atom is -0.317 e. The van der Waals surface area contributed by atoms with Crippen LogP contribution in [0.15, 0.2) is 12.1 Å². The molecule has 0 aliphatic rings. The summed E-state index contributed by atoms with van der Waals surface area (Å²) < 4.78 is 0. The first kappa shape index (κ1) is 9.04. The van der Waals surface area contributed by atoms with Crippen molar-refractivity contribution in [2.24, 2.45) is 0 Å². The number of hydrogen-bond donors (Lipinski definition) is 1. The highest BCUT2D eigenvalue weighted by Gasteiger charge is 2.02. The van der Waals surface area contributed by atoms with Gasteiger partial charge in [-0.1, -0.05) is 0 Å². The van der Waals surface area contributed by atoms with Crippen LogP contribution in [0.3, 0.4) is 0 Å². The van der Waals surface area contributed by atoms with E-state index in [1.54, 1.807) is 12.1 Å². The number of nitriles is 1. The van der Waals surface area contributed by atoms with E-state index in [9.17, 15) is 4.79 Å². The van der Waals surface area contributed by atoms with Gasteiger partial charge in [-0.05, 0) is 12.1 Å². The van der Waals surface area contributed by atoms with Gasteiger partial charge in [-0.15, -0.1) is 22.9 Å². The third kappa shape index (κ3) is 2.22. The number of nitrogens with zero attached hydrogens (tertiary/aromatic N) is 1. The molecule has 0 atom stereocenters. The Labute approximate surface area is 78.6 Å². The van der Waals surface area contributed by atoms with Crippen LogP contribution in [0.5, 0.6) is 0 Å². The van der Waals surface area contributed by atoms with E-state index >= 15 is 0 Å². The van der Waals surface area contributed by atoms with Crippen molar-refractivity contribution in [3.63, 3.8) is 0 Å². The number of halogens is 1. The van der Waals surface area contributed by atoms with Crippen LogP contribution < -0.4 is 5.32 Å². The van der Waals surface area contributed by atoms with Gasteiger partial charge in [0, 0.05) is 0 Å². The molecule has 1 aromatic rings. The molecule has 1 rings (SSSR count). The molecule has 0 radical (unpaired) electrons. The van der Waals surface area contributed by atoms with Crippen molar-refractivity contribution in [2.75, 3.05) is 11.2 Å². The van der Waals surface area contributed by atoms with E-state index in [0.29, 0.717) is 9.88 Å². The maximum Gasteiger partial charge on any atom is 0.239 e. The number of carbonyl (C=O) groups excluding carboxylic acids is 1. The summed E-state index contributed by atoms with van der Waals surface area (Å²) in [6, 6.07) is 5.29. The van der Waals surface area contributed by atoms with Gasteiger partial charge in [0.25, 0.3) is 0 Å².